The third kappa shape index (κ3) is 5.13. The van der Waals surface area contributed by atoms with Gasteiger partial charge in [0, 0.05) is 0 Å². The maximum atomic E-state index is 8.91. The van der Waals surface area contributed by atoms with Gasteiger partial charge in [0.15, 0.2) is 0 Å². The molecular formula is C17H18O2. The van der Waals surface area contributed by atoms with Crippen LogP contribution in [0.3, 0.4) is 0 Å². The molecule has 0 radical (unpaired) electrons. The molecule has 0 atom stereocenters. The van der Waals surface area contributed by atoms with Crippen molar-refractivity contribution < 1.29 is 10.2 Å². The molecule has 2 N–H and O–H groups in total. The molecule has 0 aliphatic heterocycles. The fourth-order valence-corrected chi connectivity index (χ4v) is 1.36. The second-order valence-electron chi connectivity index (χ2n) is 4.12. The number of rotatable bonds is 2. The fraction of sp³-hybridized carbons (Fsp3) is 0.0588. The van der Waals surface area contributed by atoms with Crippen molar-refractivity contribution in [2.24, 2.45) is 0 Å². The molecule has 19 heavy (non-hydrogen) atoms. The molecule has 0 unspecified atom stereocenters. The van der Waals surface area contributed by atoms with E-state index < -0.39 is 0 Å². The third-order valence-corrected chi connectivity index (χ3v) is 2.49. The number of hydrogen-bond donors (Lipinski definition) is 2. The van der Waals surface area contributed by atoms with Gasteiger partial charge in [0.1, 0.15) is 11.5 Å². The van der Waals surface area contributed by atoms with E-state index in [0.29, 0.717) is 11.5 Å². The van der Waals surface area contributed by atoms with Gasteiger partial charge in [-0.2, -0.15) is 0 Å². The summed E-state index contributed by atoms with van der Waals surface area (Å²) in [6.45, 7) is 9.29. The minimum Gasteiger partial charge on any atom is -0.508 e. The Labute approximate surface area is 114 Å². The molecule has 2 heteroatoms. The molecule has 0 saturated carbocycles. The first kappa shape index (κ1) is 14.6. The second-order valence-corrected chi connectivity index (χ2v) is 4.12. The SMILES string of the molecule is C=C(C)c1ccc(O)cc1.C=Cc1ccc(O)cc1. The largest absolute Gasteiger partial charge is 0.508 e. The lowest BCUT2D eigenvalue weighted by molar-refractivity contribution is 0.474. The molecule has 2 nitrogen and oxygen atoms in total. The van der Waals surface area contributed by atoms with Crippen LogP contribution in [0.4, 0.5) is 0 Å². The van der Waals surface area contributed by atoms with Gasteiger partial charge in [0.25, 0.3) is 0 Å². The summed E-state index contributed by atoms with van der Waals surface area (Å²) >= 11 is 0. The van der Waals surface area contributed by atoms with Gasteiger partial charge in [-0.25, -0.2) is 0 Å². The average Bonchev–Trinajstić information content (AvgIpc) is 2.41. The van der Waals surface area contributed by atoms with Crippen molar-refractivity contribution in [3.05, 3.63) is 72.8 Å². The Hall–Kier alpha value is -2.48. The molecule has 0 saturated heterocycles. The Bertz CT molecular complexity index is 536. The van der Waals surface area contributed by atoms with Gasteiger partial charge in [-0.1, -0.05) is 49.1 Å². The lowest BCUT2D eigenvalue weighted by atomic mass is 10.1. The van der Waals surface area contributed by atoms with E-state index in [9.17, 15) is 0 Å². The molecule has 2 rings (SSSR count). The second kappa shape index (κ2) is 7.07. The first-order valence-corrected chi connectivity index (χ1v) is 5.89. The Morgan fingerprint density at radius 3 is 1.68 bits per heavy atom. The van der Waals surface area contributed by atoms with Crippen LogP contribution in [0, 0.1) is 0 Å². The minimum absolute atomic E-state index is 0.292. The molecule has 2 aromatic carbocycles. The smallest absolute Gasteiger partial charge is 0.115 e. The van der Waals surface area contributed by atoms with E-state index in [1.165, 1.54) is 0 Å². The van der Waals surface area contributed by atoms with Crippen molar-refractivity contribution in [3.8, 4) is 11.5 Å². The highest BCUT2D eigenvalue weighted by molar-refractivity contribution is 5.61. The van der Waals surface area contributed by atoms with Crippen LogP contribution in [0.25, 0.3) is 11.6 Å². The quantitative estimate of drug-likeness (QED) is 0.830. The molecule has 0 aromatic heterocycles. The van der Waals surface area contributed by atoms with Crippen LogP contribution in [0.5, 0.6) is 11.5 Å². The van der Waals surface area contributed by atoms with Crippen LogP contribution in [-0.2, 0) is 0 Å². The summed E-state index contributed by atoms with van der Waals surface area (Å²) in [6, 6.07) is 13.9. The highest BCUT2D eigenvalue weighted by atomic mass is 16.3. The standard InChI is InChI=1S/C9H10O.C8H8O/c1-7(2)8-3-5-9(10)6-4-8;1-2-7-3-5-8(9)6-4-7/h3-6,10H,1H2,2H3;2-6,9H,1H2. The van der Waals surface area contributed by atoms with Gasteiger partial charge in [-0.05, 0) is 42.3 Å². The summed E-state index contributed by atoms with van der Waals surface area (Å²) in [7, 11) is 0. The number of benzene rings is 2. The zero-order chi connectivity index (χ0) is 14.3. The number of hydrogen-bond acceptors (Lipinski definition) is 2. The van der Waals surface area contributed by atoms with E-state index in [-0.39, 0.29) is 0 Å². The molecule has 98 valence electrons. The summed E-state index contributed by atoms with van der Waals surface area (Å²) in [5.74, 6) is 0.589. The van der Waals surface area contributed by atoms with Crippen LogP contribution >= 0.6 is 0 Å². The van der Waals surface area contributed by atoms with Gasteiger partial charge in [0.05, 0.1) is 0 Å². The van der Waals surface area contributed by atoms with E-state index in [2.05, 4.69) is 13.2 Å². The number of allylic oxidation sites excluding steroid dienone is 1. The van der Waals surface area contributed by atoms with Gasteiger partial charge in [-0.15, -0.1) is 0 Å². The summed E-state index contributed by atoms with van der Waals surface area (Å²) < 4.78 is 0. The van der Waals surface area contributed by atoms with E-state index >= 15 is 0 Å². The molecule has 0 heterocycles. The Morgan fingerprint density at radius 1 is 0.895 bits per heavy atom. The molecule has 0 aliphatic rings. The normalized spacial score (nSPS) is 9.11. The monoisotopic (exact) mass is 254 g/mol. The number of aromatic hydroxyl groups is 2. The molecule has 2 aromatic rings. The first-order chi connectivity index (χ1) is 9.02. The minimum atomic E-state index is 0.292. The van der Waals surface area contributed by atoms with Crippen LogP contribution in [-0.4, -0.2) is 10.2 Å². The summed E-state index contributed by atoms with van der Waals surface area (Å²) in [5.41, 5.74) is 3.10. The number of phenols is 2. The summed E-state index contributed by atoms with van der Waals surface area (Å²) in [4.78, 5) is 0. The Kier molecular flexibility index (Phi) is 5.42. The zero-order valence-corrected chi connectivity index (χ0v) is 11.0. The van der Waals surface area contributed by atoms with E-state index in [1.807, 2.05) is 31.2 Å². The summed E-state index contributed by atoms with van der Waals surface area (Å²) in [5, 5.41) is 17.7. The van der Waals surface area contributed by atoms with Crippen molar-refractivity contribution in [1.29, 1.82) is 0 Å². The molecule has 0 spiro atoms. The van der Waals surface area contributed by atoms with E-state index in [0.717, 1.165) is 16.7 Å². The van der Waals surface area contributed by atoms with E-state index in [1.54, 1.807) is 30.3 Å². The lowest BCUT2D eigenvalue weighted by Gasteiger charge is -1.97. The molecule has 0 fully saturated rings. The zero-order valence-electron chi connectivity index (χ0n) is 11.0. The number of phenolic OH excluding ortho intramolecular Hbond substituents is 2. The molecular weight excluding hydrogens is 236 g/mol. The van der Waals surface area contributed by atoms with Crippen LogP contribution in [0.2, 0.25) is 0 Å². The predicted octanol–water partition coefficient (Wildman–Crippen LogP) is 4.46. The first-order valence-electron chi connectivity index (χ1n) is 5.89. The Balaban J connectivity index is 0.000000191. The van der Waals surface area contributed by atoms with Gasteiger partial charge in [0.2, 0.25) is 0 Å². The molecule has 0 bridgehead atoms. The summed E-state index contributed by atoms with van der Waals surface area (Å²) in [6.07, 6.45) is 1.74. The third-order valence-electron chi connectivity index (χ3n) is 2.49. The maximum Gasteiger partial charge on any atom is 0.115 e. The Morgan fingerprint density at radius 2 is 1.32 bits per heavy atom. The van der Waals surface area contributed by atoms with Crippen molar-refractivity contribution in [2.45, 2.75) is 6.92 Å². The van der Waals surface area contributed by atoms with Gasteiger partial charge in [-0.3, -0.25) is 0 Å². The molecule has 0 amide bonds. The van der Waals surface area contributed by atoms with Gasteiger partial charge < -0.3 is 10.2 Å². The van der Waals surface area contributed by atoms with Crippen LogP contribution < -0.4 is 0 Å². The van der Waals surface area contributed by atoms with Crippen molar-refractivity contribution >= 4 is 11.6 Å². The fourth-order valence-electron chi connectivity index (χ4n) is 1.36. The predicted molar refractivity (Wildman–Crippen MR) is 81.0 cm³/mol. The molecule has 0 aliphatic carbocycles. The van der Waals surface area contributed by atoms with Crippen molar-refractivity contribution in [2.75, 3.05) is 0 Å². The topological polar surface area (TPSA) is 40.5 Å². The lowest BCUT2D eigenvalue weighted by Crippen LogP contribution is -1.74. The van der Waals surface area contributed by atoms with Crippen LogP contribution in [0.1, 0.15) is 18.1 Å². The highest BCUT2D eigenvalue weighted by Gasteiger charge is 1.90. The van der Waals surface area contributed by atoms with E-state index in [4.69, 9.17) is 10.2 Å². The highest BCUT2D eigenvalue weighted by Crippen LogP contribution is 2.15. The van der Waals surface area contributed by atoms with Crippen LogP contribution in [0.15, 0.2) is 61.7 Å². The van der Waals surface area contributed by atoms with Gasteiger partial charge >= 0.3 is 0 Å². The van der Waals surface area contributed by atoms with Crippen molar-refractivity contribution in [1.82, 2.24) is 0 Å². The maximum absolute atomic E-state index is 8.91. The average molecular weight is 254 g/mol. The van der Waals surface area contributed by atoms with Crippen molar-refractivity contribution in [3.63, 3.8) is 0 Å².